The Kier molecular flexibility index (Phi) is 6.68. The third-order valence-electron chi connectivity index (χ3n) is 5.34. The van der Waals surface area contributed by atoms with Crippen molar-refractivity contribution in [2.75, 3.05) is 12.0 Å². The van der Waals surface area contributed by atoms with Crippen LogP contribution in [0.3, 0.4) is 0 Å². The number of ether oxygens (including phenoxy) is 1. The Hall–Kier alpha value is -4.02. The Morgan fingerprint density at radius 3 is 2.46 bits per heavy atom. The number of furan rings is 1. The van der Waals surface area contributed by atoms with E-state index in [0.717, 1.165) is 4.90 Å². The van der Waals surface area contributed by atoms with Gasteiger partial charge < -0.3 is 9.15 Å². The van der Waals surface area contributed by atoms with Crippen molar-refractivity contribution in [1.82, 2.24) is 4.72 Å². The van der Waals surface area contributed by atoms with Crippen LogP contribution in [-0.2, 0) is 30.9 Å². The number of hydrogen-bond acceptors (Lipinski definition) is 6. The molecular weight excluding hydrogens is 475 g/mol. The number of nitrogens with one attached hydrogen (secondary N) is 1. The highest BCUT2D eigenvalue weighted by molar-refractivity contribution is 7.89. The Morgan fingerprint density at radius 2 is 1.77 bits per heavy atom. The van der Waals surface area contributed by atoms with Crippen molar-refractivity contribution in [3.05, 3.63) is 101 Å². The van der Waals surface area contributed by atoms with Gasteiger partial charge in [-0.15, -0.1) is 0 Å². The molecule has 1 aliphatic rings. The average Bonchev–Trinajstić information content (AvgIpc) is 3.40. The topological polar surface area (TPSA) is 106 Å². The van der Waals surface area contributed by atoms with Gasteiger partial charge in [0.05, 0.1) is 35.4 Å². The number of nitrogens with zero attached hydrogens (tertiary/aromatic N) is 1. The highest BCUT2D eigenvalue weighted by atomic mass is 32.2. The van der Waals surface area contributed by atoms with Crippen molar-refractivity contribution < 1.29 is 31.6 Å². The van der Waals surface area contributed by atoms with Crippen LogP contribution in [0.25, 0.3) is 6.08 Å². The van der Waals surface area contributed by atoms with Crippen molar-refractivity contribution in [3.63, 3.8) is 0 Å². The second-order valence-electron chi connectivity index (χ2n) is 7.54. The molecule has 0 fully saturated rings. The SMILES string of the molecule is COC(=O)C1=C(C)N(c2ccccc2F)C(=O)/C1=C/c1ccc(CNS(=O)(=O)c2ccccc2)o1. The van der Waals surface area contributed by atoms with E-state index in [2.05, 4.69) is 4.72 Å². The van der Waals surface area contributed by atoms with Gasteiger partial charge in [0, 0.05) is 5.70 Å². The summed E-state index contributed by atoms with van der Waals surface area (Å²) in [6.07, 6.45) is 1.34. The Labute approximate surface area is 201 Å². The van der Waals surface area contributed by atoms with Crippen LogP contribution in [0.4, 0.5) is 10.1 Å². The standard InChI is InChI=1S/C25H21FN2O6S/c1-16-23(25(30)33-2)20(24(29)28(16)22-11-7-6-10-21(22)26)14-17-12-13-18(34-17)15-27-35(31,32)19-8-4-3-5-9-19/h3-14,27H,15H2,1-2H3/b20-14+. The molecule has 0 bridgehead atoms. The molecule has 1 aromatic heterocycles. The smallest absolute Gasteiger partial charge is 0.340 e. The van der Waals surface area contributed by atoms with Gasteiger partial charge in [-0.2, -0.15) is 0 Å². The third kappa shape index (κ3) is 4.79. The first-order valence-electron chi connectivity index (χ1n) is 10.5. The summed E-state index contributed by atoms with van der Waals surface area (Å²) in [5.41, 5.74) is 0.141. The fourth-order valence-corrected chi connectivity index (χ4v) is 4.68. The molecule has 0 unspecified atom stereocenters. The average molecular weight is 497 g/mol. The van der Waals surface area contributed by atoms with Gasteiger partial charge in [-0.1, -0.05) is 30.3 Å². The van der Waals surface area contributed by atoms with Crippen molar-refractivity contribution >= 4 is 33.7 Å². The van der Waals surface area contributed by atoms with Gasteiger partial charge in [0.15, 0.2) is 0 Å². The molecule has 0 atom stereocenters. The van der Waals surface area contributed by atoms with Gasteiger partial charge in [-0.3, -0.25) is 9.69 Å². The zero-order valence-corrected chi connectivity index (χ0v) is 19.6. The number of hydrogen-bond donors (Lipinski definition) is 1. The largest absolute Gasteiger partial charge is 0.465 e. The molecule has 0 aliphatic carbocycles. The number of halogens is 1. The third-order valence-corrected chi connectivity index (χ3v) is 6.76. The molecule has 0 spiro atoms. The molecule has 0 saturated carbocycles. The molecule has 0 radical (unpaired) electrons. The second-order valence-corrected chi connectivity index (χ2v) is 9.31. The molecule has 1 aliphatic heterocycles. The van der Waals surface area contributed by atoms with Crippen LogP contribution in [0.5, 0.6) is 0 Å². The molecule has 4 rings (SSSR count). The minimum absolute atomic E-state index is 0.00439. The van der Waals surface area contributed by atoms with Crippen LogP contribution in [0.2, 0.25) is 0 Å². The number of allylic oxidation sites excluding steroid dienone is 1. The summed E-state index contributed by atoms with van der Waals surface area (Å²) in [6.45, 7) is 1.39. The minimum atomic E-state index is -3.74. The lowest BCUT2D eigenvalue weighted by molar-refractivity contribution is -0.136. The Bertz CT molecular complexity index is 1460. The summed E-state index contributed by atoms with van der Waals surface area (Å²) in [5, 5.41) is 0. The summed E-state index contributed by atoms with van der Waals surface area (Å²) in [4.78, 5) is 26.9. The molecule has 1 N–H and O–H groups in total. The van der Waals surface area contributed by atoms with Crippen LogP contribution in [0, 0.1) is 5.82 Å². The van der Waals surface area contributed by atoms with E-state index in [1.807, 2.05) is 0 Å². The molecule has 10 heteroatoms. The summed E-state index contributed by atoms with van der Waals surface area (Å²) in [7, 11) is -2.56. The first-order valence-corrected chi connectivity index (χ1v) is 11.9. The Morgan fingerprint density at radius 1 is 1.09 bits per heavy atom. The lowest BCUT2D eigenvalue weighted by Crippen LogP contribution is -2.25. The number of esters is 1. The van der Waals surface area contributed by atoms with Crippen LogP contribution < -0.4 is 9.62 Å². The quantitative estimate of drug-likeness (QED) is 0.394. The predicted octanol–water partition coefficient (Wildman–Crippen LogP) is 3.77. The van der Waals surface area contributed by atoms with Crippen molar-refractivity contribution in [1.29, 1.82) is 0 Å². The molecule has 2 heterocycles. The molecule has 8 nitrogen and oxygen atoms in total. The molecule has 2 aromatic carbocycles. The Balaban J connectivity index is 1.62. The van der Waals surface area contributed by atoms with Gasteiger partial charge in [-0.25, -0.2) is 22.3 Å². The zero-order valence-electron chi connectivity index (χ0n) is 18.8. The molecule has 35 heavy (non-hydrogen) atoms. The van der Waals surface area contributed by atoms with Crippen LogP contribution in [-0.4, -0.2) is 27.4 Å². The van der Waals surface area contributed by atoms with E-state index in [-0.39, 0.29) is 45.5 Å². The van der Waals surface area contributed by atoms with Crippen LogP contribution in [0.15, 0.2) is 92.9 Å². The van der Waals surface area contributed by atoms with Crippen molar-refractivity contribution in [2.45, 2.75) is 18.4 Å². The maximum absolute atomic E-state index is 14.4. The maximum atomic E-state index is 14.4. The first kappa shape index (κ1) is 24.1. The van der Waals surface area contributed by atoms with E-state index in [4.69, 9.17) is 9.15 Å². The summed E-state index contributed by atoms with van der Waals surface area (Å²) >= 11 is 0. The minimum Gasteiger partial charge on any atom is -0.465 e. The van der Waals surface area contributed by atoms with Crippen LogP contribution in [0.1, 0.15) is 18.4 Å². The summed E-state index contributed by atoms with van der Waals surface area (Å²) in [6, 6.07) is 16.7. The normalized spacial score (nSPS) is 15.2. The van der Waals surface area contributed by atoms with E-state index >= 15 is 0 Å². The van der Waals surface area contributed by atoms with Crippen molar-refractivity contribution in [2.24, 2.45) is 0 Å². The highest BCUT2D eigenvalue weighted by Crippen LogP contribution is 2.36. The fraction of sp³-hybridized carbons (Fsp3) is 0.120. The summed E-state index contributed by atoms with van der Waals surface area (Å²) < 4.78 is 52.2. The lowest BCUT2D eigenvalue weighted by atomic mass is 10.1. The van der Waals surface area contributed by atoms with Gasteiger partial charge in [-0.05, 0) is 49.4 Å². The number of para-hydroxylation sites is 1. The monoisotopic (exact) mass is 496 g/mol. The van der Waals surface area contributed by atoms with Gasteiger partial charge in [0.25, 0.3) is 5.91 Å². The highest BCUT2D eigenvalue weighted by Gasteiger charge is 2.39. The van der Waals surface area contributed by atoms with Crippen LogP contribution >= 0.6 is 0 Å². The number of amides is 1. The zero-order chi connectivity index (χ0) is 25.2. The van der Waals surface area contributed by atoms with Gasteiger partial charge in [0.1, 0.15) is 17.3 Å². The summed E-state index contributed by atoms with van der Waals surface area (Å²) in [5.74, 6) is -1.53. The van der Waals surface area contributed by atoms with E-state index in [1.54, 1.807) is 30.3 Å². The molecular formula is C25H21FN2O6S. The number of benzene rings is 2. The van der Waals surface area contributed by atoms with Gasteiger partial charge >= 0.3 is 5.97 Å². The lowest BCUT2D eigenvalue weighted by Gasteiger charge is -2.18. The number of anilines is 1. The number of sulfonamides is 1. The van der Waals surface area contributed by atoms with E-state index in [1.165, 1.54) is 56.5 Å². The predicted molar refractivity (Wildman–Crippen MR) is 126 cm³/mol. The number of carbonyl (C=O) groups is 2. The van der Waals surface area contributed by atoms with Gasteiger partial charge in [0.2, 0.25) is 10.0 Å². The second kappa shape index (κ2) is 9.69. The number of carbonyl (C=O) groups excluding carboxylic acids is 2. The number of rotatable bonds is 7. The van der Waals surface area contributed by atoms with E-state index in [0.29, 0.717) is 0 Å². The molecule has 1 amide bonds. The maximum Gasteiger partial charge on any atom is 0.340 e. The molecule has 0 saturated heterocycles. The fourth-order valence-electron chi connectivity index (χ4n) is 3.66. The van der Waals surface area contributed by atoms with Crippen molar-refractivity contribution in [3.8, 4) is 0 Å². The first-order chi connectivity index (χ1) is 16.7. The number of methoxy groups -OCH3 is 1. The molecule has 180 valence electrons. The van der Waals surface area contributed by atoms with E-state index < -0.39 is 27.7 Å². The van der Waals surface area contributed by atoms with E-state index in [9.17, 15) is 22.4 Å². The molecule has 3 aromatic rings.